The van der Waals surface area contributed by atoms with Crippen LogP contribution in [-0.2, 0) is 11.2 Å². The van der Waals surface area contributed by atoms with Crippen molar-refractivity contribution < 1.29 is 9.90 Å². The molecule has 10 heavy (non-hydrogen) atoms. The van der Waals surface area contributed by atoms with Gasteiger partial charge in [-0.2, -0.15) is 0 Å². The third-order valence-electron chi connectivity index (χ3n) is 0.897. The van der Waals surface area contributed by atoms with Gasteiger partial charge in [0.1, 0.15) is 0 Å². The maximum Gasteiger partial charge on any atom is 0.308 e. The summed E-state index contributed by atoms with van der Waals surface area (Å²) in [5.74, 6) is -0.858. The zero-order valence-corrected chi connectivity index (χ0v) is 5.89. The molecule has 2 radical (unpaired) electrons. The summed E-state index contributed by atoms with van der Waals surface area (Å²) in [5, 5.41) is 8.31. The summed E-state index contributed by atoms with van der Waals surface area (Å²) in [6.07, 6.45) is 1.49. The van der Waals surface area contributed by atoms with Gasteiger partial charge in [0.2, 0.25) is 0 Å². The molecule has 0 aliphatic carbocycles. The fourth-order valence-corrected chi connectivity index (χ4v) is 1.23. The first-order chi connectivity index (χ1) is 4.68. The van der Waals surface area contributed by atoms with E-state index in [0.29, 0.717) is 9.78 Å². The van der Waals surface area contributed by atoms with Crippen LogP contribution in [0.4, 0.5) is 0 Å². The number of thiazole rings is 1. The number of hydrogen-bond acceptors (Lipinski definition) is 3. The Bertz CT molecular complexity index is 248. The summed E-state index contributed by atoms with van der Waals surface area (Å²) in [5.41, 5.74) is 0. The SMILES string of the molecule is [B]c1ncc(CC(=O)O)s1. The van der Waals surface area contributed by atoms with Gasteiger partial charge in [-0.25, -0.2) is 0 Å². The minimum absolute atomic E-state index is 0.00880. The molecule has 0 spiro atoms. The van der Waals surface area contributed by atoms with E-state index in [-0.39, 0.29) is 6.42 Å². The Labute approximate surface area is 63.1 Å². The molecule has 1 aromatic rings. The van der Waals surface area contributed by atoms with E-state index >= 15 is 0 Å². The highest BCUT2D eigenvalue weighted by Gasteiger charge is 2.01. The van der Waals surface area contributed by atoms with E-state index in [9.17, 15) is 4.79 Å². The van der Waals surface area contributed by atoms with E-state index in [1.165, 1.54) is 17.5 Å². The predicted octanol–water partition coefficient (Wildman–Crippen LogP) is -0.436. The molecule has 0 atom stereocenters. The molecule has 0 aliphatic heterocycles. The Kier molecular flexibility index (Phi) is 2.06. The van der Waals surface area contributed by atoms with Crippen molar-refractivity contribution in [2.75, 3.05) is 0 Å². The van der Waals surface area contributed by atoms with E-state index in [1.54, 1.807) is 0 Å². The van der Waals surface area contributed by atoms with Crippen LogP contribution in [0.15, 0.2) is 6.20 Å². The van der Waals surface area contributed by atoms with Crippen molar-refractivity contribution >= 4 is 30.1 Å². The summed E-state index contributed by atoms with van der Waals surface area (Å²) in [6, 6.07) is 0. The van der Waals surface area contributed by atoms with Crippen molar-refractivity contribution in [3.05, 3.63) is 11.1 Å². The summed E-state index contributed by atoms with van der Waals surface area (Å²) < 4.78 is 0. The molecule has 1 heterocycles. The standard InChI is InChI=1S/C5H4BNO2S/c6-5-7-2-3(10-5)1-4(8)9/h2H,1H2,(H,8,9). The second kappa shape index (κ2) is 2.83. The molecule has 3 nitrogen and oxygen atoms in total. The van der Waals surface area contributed by atoms with Gasteiger partial charge in [0, 0.05) is 16.0 Å². The van der Waals surface area contributed by atoms with Gasteiger partial charge >= 0.3 is 5.97 Å². The first-order valence-corrected chi connectivity index (χ1v) is 3.42. The molecule has 0 bridgehead atoms. The topological polar surface area (TPSA) is 50.2 Å². The Balaban J connectivity index is 2.67. The van der Waals surface area contributed by atoms with Crippen molar-refractivity contribution in [2.45, 2.75) is 6.42 Å². The van der Waals surface area contributed by atoms with Crippen LogP contribution in [-0.4, -0.2) is 23.9 Å². The number of hydrogen-bond donors (Lipinski definition) is 1. The highest BCUT2D eigenvalue weighted by atomic mass is 32.1. The van der Waals surface area contributed by atoms with Crippen LogP contribution in [0.2, 0.25) is 0 Å². The quantitative estimate of drug-likeness (QED) is 0.586. The average molecular weight is 153 g/mol. The highest BCUT2D eigenvalue weighted by molar-refractivity contribution is 7.19. The molecule has 0 amide bonds. The lowest BCUT2D eigenvalue weighted by molar-refractivity contribution is -0.136. The van der Waals surface area contributed by atoms with Crippen LogP contribution < -0.4 is 4.91 Å². The molecule has 0 fully saturated rings. The summed E-state index contributed by atoms with van der Waals surface area (Å²) >= 11 is 1.20. The van der Waals surface area contributed by atoms with E-state index in [0.717, 1.165) is 0 Å². The molecular formula is C5H4BNO2S. The van der Waals surface area contributed by atoms with Gasteiger partial charge in [0.25, 0.3) is 0 Å². The minimum atomic E-state index is -0.858. The molecule has 50 valence electrons. The minimum Gasteiger partial charge on any atom is -0.481 e. The Morgan fingerprint density at radius 3 is 3.00 bits per heavy atom. The third-order valence-corrected chi connectivity index (χ3v) is 1.72. The van der Waals surface area contributed by atoms with Gasteiger partial charge in [-0.05, 0) is 0 Å². The smallest absolute Gasteiger partial charge is 0.308 e. The first-order valence-electron chi connectivity index (χ1n) is 2.60. The maximum absolute atomic E-state index is 10.1. The molecule has 0 unspecified atom stereocenters. The maximum atomic E-state index is 10.1. The molecular weight excluding hydrogens is 149 g/mol. The fraction of sp³-hybridized carbons (Fsp3) is 0.200. The van der Waals surface area contributed by atoms with Gasteiger partial charge in [0.15, 0.2) is 7.85 Å². The van der Waals surface area contributed by atoms with Crippen LogP contribution in [0, 0.1) is 0 Å². The monoisotopic (exact) mass is 153 g/mol. The number of aliphatic carboxylic acids is 1. The van der Waals surface area contributed by atoms with Gasteiger partial charge in [-0.3, -0.25) is 9.78 Å². The van der Waals surface area contributed by atoms with E-state index in [2.05, 4.69) is 4.98 Å². The van der Waals surface area contributed by atoms with Crippen LogP contribution >= 0.6 is 11.3 Å². The van der Waals surface area contributed by atoms with Crippen LogP contribution in [0.25, 0.3) is 0 Å². The molecule has 1 aromatic heterocycles. The number of rotatable bonds is 2. The van der Waals surface area contributed by atoms with Gasteiger partial charge in [0.05, 0.1) is 6.42 Å². The van der Waals surface area contributed by atoms with Crippen LogP contribution in [0.3, 0.4) is 0 Å². The molecule has 0 aromatic carbocycles. The van der Waals surface area contributed by atoms with E-state index in [4.69, 9.17) is 13.0 Å². The van der Waals surface area contributed by atoms with Crippen molar-refractivity contribution in [1.82, 2.24) is 4.98 Å². The van der Waals surface area contributed by atoms with Gasteiger partial charge in [-0.1, -0.05) is 0 Å². The number of carboxylic acids is 1. The lowest BCUT2D eigenvalue weighted by atomic mass is 10.2. The van der Waals surface area contributed by atoms with Crippen molar-refractivity contribution in [3.8, 4) is 0 Å². The third kappa shape index (κ3) is 1.84. The second-order valence-corrected chi connectivity index (χ2v) is 2.88. The van der Waals surface area contributed by atoms with E-state index < -0.39 is 5.97 Å². The molecule has 1 N–H and O–H groups in total. The number of carboxylic acid groups (broad SMARTS) is 1. The van der Waals surface area contributed by atoms with Crippen LogP contribution in [0.1, 0.15) is 4.88 Å². The predicted molar refractivity (Wildman–Crippen MR) is 38.8 cm³/mol. The van der Waals surface area contributed by atoms with Gasteiger partial charge < -0.3 is 5.11 Å². The lowest BCUT2D eigenvalue weighted by Crippen LogP contribution is -1.98. The average Bonchev–Trinajstić information content (AvgIpc) is 2.13. The molecule has 1 rings (SSSR count). The van der Waals surface area contributed by atoms with Crippen molar-refractivity contribution in [3.63, 3.8) is 0 Å². The van der Waals surface area contributed by atoms with E-state index in [1.807, 2.05) is 0 Å². The summed E-state index contributed by atoms with van der Waals surface area (Å²) in [4.78, 5) is 14.9. The molecule has 0 saturated heterocycles. The lowest BCUT2D eigenvalue weighted by Gasteiger charge is -1.84. The normalized spacial score (nSPS) is 9.60. The first kappa shape index (κ1) is 7.27. The van der Waals surface area contributed by atoms with Gasteiger partial charge in [-0.15, -0.1) is 11.3 Å². The van der Waals surface area contributed by atoms with Crippen LogP contribution in [0.5, 0.6) is 0 Å². The second-order valence-electron chi connectivity index (χ2n) is 1.74. The highest BCUT2D eigenvalue weighted by Crippen LogP contribution is 2.02. The largest absolute Gasteiger partial charge is 0.481 e. The molecule has 0 aliphatic rings. The van der Waals surface area contributed by atoms with Crippen molar-refractivity contribution in [2.24, 2.45) is 0 Å². The summed E-state index contributed by atoms with van der Waals surface area (Å²) in [7, 11) is 5.27. The Hall–Kier alpha value is -0.835. The molecule has 5 heteroatoms. The fourth-order valence-electron chi connectivity index (χ4n) is 0.553. The Morgan fingerprint density at radius 2 is 2.60 bits per heavy atom. The number of nitrogens with zero attached hydrogens (tertiary/aromatic N) is 1. The Morgan fingerprint density at radius 1 is 1.90 bits per heavy atom. The number of aromatic nitrogens is 1. The summed E-state index contributed by atoms with van der Waals surface area (Å²) in [6.45, 7) is 0. The van der Waals surface area contributed by atoms with Crippen molar-refractivity contribution in [1.29, 1.82) is 0 Å². The zero-order valence-electron chi connectivity index (χ0n) is 5.07. The molecule has 0 saturated carbocycles. The number of carbonyl (C=O) groups is 1. The zero-order chi connectivity index (χ0) is 7.56.